The topological polar surface area (TPSA) is 76.9 Å². The summed E-state index contributed by atoms with van der Waals surface area (Å²) < 4.78 is 1.83. The highest BCUT2D eigenvalue weighted by Gasteiger charge is 2.18. The van der Waals surface area contributed by atoms with E-state index in [0.717, 1.165) is 22.6 Å². The molecule has 1 N–H and O–H groups in total. The van der Waals surface area contributed by atoms with Crippen LogP contribution in [0.25, 0.3) is 5.69 Å². The van der Waals surface area contributed by atoms with E-state index in [1.165, 1.54) is 0 Å². The zero-order chi connectivity index (χ0) is 24.9. The van der Waals surface area contributed by atoms with E-state index in [1.54, 1.807) is 36.5 Å². The van der Waals surface area contributed by atoms with E-state index in [1.807, 2.05) is 54.9 Å². The maximum Gasteiger partial charge on any atom is 0.256 e. The zero-order valence-corrected chi connectivity index (χ0v) is 20.8. The first kappa shape index (κ1) is 24.6. The van der Waals surface area contributed by atoms with Crippen LogP contribution in [0.15, 0.2) is 72.9 Å². The summed E-state index contributed by atoms with van der Waals surface area (Å²) in [5.41, 5.74) is 3.96. The third kappa shape index (κ3) is 6.15. The fourth-order valence-electron chi connectivity index (χ4n) is 3.74. The Labute approximate surface area is 213 Å². The second-order valence-corrected chi connectivity index (χ2v) is 9.17. The number of carbonyl (C=O) groups is 2. The SMILES string of the molecule is Cc1cc(CCC(=O)C(C)c2ccc(NC(=O)c3ccc(Cl)cc3)nc2)n(-c2cccc(Cl)c2)n1. The van der Waals surface area contributed by atoms with E-state index in [0.29, 0.717) is 34.3 Å². The molecule has 0 aliphatic heterocycles. The molecule has 178 valence electrons. The lowest BCUT2D eigenvalue weighted by atomic mass is 9.95. The number of nitrogens with zero attached hydrogens (tertiary/aromatic N) is 3. The Morgan fingerprint density at radius 1 is 1.00 bits per heavy atom. The van der Waals surface area contributed by atoms with Gasteiger partial charge in [0.05, 0.1) is 11.4 Å². The fraction of sp³-hybridized carbons (Fsp3) is 0.185. The van der Waals surface area contributed by atoms with Crippen LogP contribution in [-0.4, -0.2) is 26.5 Å². The number of amides is 1. The van der Waals surface area contributed by atoms with Gasteiger partial charge in [-0.15, -0.1) is 0 Å². The second kappa shape index (κ2) is 10.8. The average Bonchev–Trinajstić information content (AvgIpc) is 3.23. The molecule has 4 rings (SSSR count). The van der Waals surface area contributed by atoms with Crippen LogP contribution in [0.5, 0.6) is 0 Å². The number of nitrogens with one attached hydrogen (secondary N) is 1. The molecular weight excluding hydrogens is 483 g/mol. The summed E-state index contributed by atoms with van der Waals surface area (Å²) in [4.78, 5) is 29.6. The molecule has 0 saturated carbocycles. The molecule has 0 aliphatic rings. The van der Waals surface area contributed by atoms with Crippen molar-refractivity contribution in [3.8, 4) is 5.69 Å². The molecule has 1 amide bonds. The highest BCUT2D eigenvalue weighted by molar-refractivity contribution is 6.31. The van der Waals surface area contributed by atoms with E-state index in [-0.39, 0.29) is 17.6 Å². The molecule has 1 atom stereocenters. The Bertz CT molecular complexity index is 1350. The highest BCUT2D eigenvalue weighted by Crippen LogP contribution is 2.22. The van der Waals surface area contributed by atoms with Gasteiger partial charge in [0, 0.05) is 39.8 Å². The van der Waals surface area contributed by atoms with Gasteiger partial charge in [0.1, 0.15) is 11.6 Å². The quantitative estimate of drug-likeness (QED) is 0.298. The van der Waals surface area contributed by atoms with Gasteiger partial charge >= 0.3 is 0 Å². The Morgan fingerprint density at radius 2 is 1.77 bits per heavy atom. The summed E-state index contributed by atoms with van der Waals surface area (Å²) in [7, 11) is 0. The van der Waals surface area contributed by atoms with Crippen molar-refractivity contribution in [1.29, 1.82) is 0 Å². The van der Waals surface area contributed by atoms with Crippen molar-refractivity contribution in [3.05, 3.63) is 105 Å². The predicted octanol–water partition coefficient (Wildman–Crippen LogP) is 6.44. The third-order valence-electron chi connectivity index (χ3n) is 5.70. The molecule has 2 heterocycles. The maximum atomic E-state index is 12.9. The molecule has 2 aromatic heterocycles. The number of hydrogen-bond donors (Lipinski definition) is 1. The second-order valence-electron chi connectivity index (χ2n) is 8.29. The minimum absolute atomic E-state index is 0.0984. The first-order valence-corrected chi connectivity index (χ1v) is 11.9. The maximum absolute atomic E-state index is 12.9. The molecule has 8 heteroatoms. The number of benzene rings is 2. The molecule has 0 spiro atoms. The highest BCUT2D eigenvalue weighted by atomic mass is 35.5. The van der Waals surface area contributed by atoms with Crippen molar-refractivity contribution in [3.63, 3.8) is 0 Å². The number of aryl methyl sites for hydroxylation is 2. The molecule has 6 nitrogen and oxygen atoms in total. The van der Waals surface area contributed by atoms with E-state index in [2.05, 4.69) is 15.4 Å². The molecular formula is C27H24Cl2N4O2. The van der Waals surface area contributed by atoms with Crippen LogP contribution < -0.4 is 5.32 Å². The van der Waals surface area contributed by atoms with Crippen molar-refractivity contribution < 1.29 is 9.59 Å². The normalized spacial score (nSPS) is 11.8. The van der Waals surface area contributed by atoms with Gasteiger partial charge in [0.15, 0.2) is 0 Å². The lowest BCUT2D eigenvalue weighted by Crippen LogP contribution is -2.14. The Morgan fingerprint density at radius 3 is 2.46 bits per heavy atom. The standard InChI is InChI=1S/C27H24Cl2N4O2/c1-17-14-24(33(32-17)23-5-3-4-22(29)15-23)11-12-25(34)18(2)20-8-13-26(30-16-20)31-27(35)19-6-9-21(28)10-7-19/h3-10,13-16,18H,11-12H2,1-2H3,(H,30,31,35). The van der Waals surface area contributed by atoms with Crippen molar-refractivity contribution in [2.75, 3.05) is 5.32 Å². The number of rotatable bonds is 8. The Kier molecular flexibility index (Phi) is 7.63. The lowest BCUT2D eigenvalue weighted by molar-refractivity contribution is -0.120. The molecule has 0 fully saturated rings. The summed E-state index contributed by atoms with van der Waals surface area (Å²) >= 11 is 12.0. The van der Waals surface area contributed by atoms with Crippen LogP contribution in [0.3, 0.4) is 0 Å². The van der Waals surface area contributed by atoms with Gasteiger partial charge in [-0.25, -0.2) is 9.67 Å². The van der Waals surface area contributed by atoms with Gasteiger partial charge in [-0.05, 0) is 73.5 Å². The number of carbonyl (C=O) groups excluding carboxylic acids is 2. The Balaban J connectivity index is 1.38. The van der Waals surface area contributed by atoms with E-state index in [4.69, 9.17) is 23.2 Å². The predicted molar refractivity (Wildman–Crippen MR) is 139 cm³/mol. The van der Waals surface area contributed by atoms with E-state index >= 15 is 0 Å². The average molecular weight is 507 g/mol. The number of pyridine rings is 1. The molecule has 1 unspecified atom stereocenters. The summed E-state index contributed by atoms with van der Waals surface area (Å²) in [6, 6.07) is 19.6. The molecule has 0 bridgehead atoms. The minimum Gasteiger partial charge on any atom is -0.307 e. The van der Waals surface area contributed by atoms with Gasteiger partial charge in [-0.1, -0.05) is 42.3 Å². The smallest absolute Gasteiger partial charge is 0.256 e. The summed E-state index contributed by atoms with van der Waals surface area (Å²) in [5, 5.41) is 8.50. The first-order chi connectivity index (χ1) is 16.8. The summed E-state index contributed by atoms with van der Waals surface area (Å²) in [5.74, 6) is -0.0969. The monoisotopic (exact) mass is 506 g/mol. The van der Waals surface area contributed by atoms with E-state index in [9.17, 15) is 9.59 Å². The van der Waals surface area contributed by atoms with Gasteiger partial charge in [-0.3, -0.25) is 9.59 Å². The van der Waals surface area contributed by atoms with Gasteiger partial charge < -0.3 is 5.32 Å². The van der Waals surface area contributed by atoms with Gasteiger partial charge in [0.25, 0.3) is 5.91 Å². The molecule has 2 aromatic carbocycles. The van der Waals surface area contributed by atoms with Crippen molar-refractivity contribution >= 4 is 40.7 Å². The molecule has 0 aliphatic carbocycles. The fourth-order valence-corrected chi connectivity index (χ4v) is 4.05. The number of hydrogen-bond acceptors (Lipinski definition) is 4. The van der Waals surface area contributed by atoms with Crippen molar-refractivity contribution in [2.45, 2.75) is 32.6 Å². The van der Waals surface area contributed by atoms with Crippen LogP contribution in [0.1, 0.15) is 46.6 Å². The number of Topliss-reactive ketones (excluding diaryl/α,β-unsaturated/α-hetero) is 1. The summed E-state index contributed by atoms with van der Waals surface area (Å²) in [6.07, 6.45) is 2.54. The number of halogens is 2. The first-order valence-electron chi connectivity index (χ1n) is 11.2. The minimum atomic E-state index is -0.327. The summed E-state index contributed by atoms with van der Waals surface area (Å²) in [6.45, 7) is 3.79. The van der Waals surface area contributed by atoms with Gasteiger partial charge in [-0.2, -0.15) is 5.10 Å². The number of aromatic nitrogens is 3. The van der Waals surface area contributed by atoms with Gasteiger partial charge in [0.2, 0.25) is 0 Å². The lowest BCUT2D eigenvalue weighted by Gasteiger charge is -2.12. The number of ketones is 1. The van der Waals surface area contributed by atoms with E-state index < -0.39 is 0 Å². The van der Waals surface area contributed by atoms with Crippen LogP contribution >= 0.6 is 23.2 Å². The molecule has 4 aromatic rings. The van der Waals surface area contributed by atoms with Crippen LogP contribution in [-0.2, 0) is 11.2 Å². The largest absolute Gasteiger partial charge is 0.307 e. The molecule has 0 radical (unpaired) electrons. The number of anilines is 1. The third-order valence-corrected chi connectivity index (χ3v) is 6.19. The zero-order valence-electron chi connectivity index (χ0n) is 19.3. The van der Waals surface area contributed by atoms with Crippen molar-refractivity contribution in [2.24, 2.45) is 0 Å². The Hall–Kier alpha value is -3.48. The van der Waals surface area contributed by atoms with Crippen LogP contribution in [0, 0.1) is 6.92 Å². The molecule has 35 heavy (non-hydrogen) atoms. The van der Waals surface area contributed by atoms with Crippen molar-refractivity contribution in [1.82, 2.24) is 14.8 Å². The van der Waals surface area contributed by atoms with Crippen LogP contribution in [0.2, 0.25) is 10.0 Å². The molecule has 0 saturated heterocycles. The van der Waals surface area contributed by atoms with Crippen LogP contribution in [0.4, 0.5) is 5.82 Å².